The number of hydrogen-bond donors (Lipinski definition) is 2. The maximum atomic E-state index is 9.66. The number of aliphatic hydroxyl groups excluding tert-OH is 1. The van der Waals surface area contributed by atoms with E-state index in [0.29, 0.717) is 6.04 Å². The smallest absolute Gasteiger partial charge is 0.0623 e. The Bertz CT molecular complexity index is 237. The fourth-order valence-electron chi connectivity index (χ4n) is 2.28. The Balaban J connectivity index is 2.41. The molecular weight excluding hydrogens is 244 g/mol. The molecule has 1 fully saturated rings. The minimum absolute atomic E-state index is 0.164. The Morgan fingerprint density at radius 3 is 2.42 bits per heavy atom. The molecule has 0 radical (unpaired) electrons. The largest absolute Gasteiger partial charge is 0.394 e. The van der Waals surface area contributed by atoms with E-state index >= 15 is 0 Å². The molecule has 1 atom stereocenters. The lowest BCUT2D eigenvalue weighted by Gasteiger charge is -2.35. The summed E-state index contributed by atoms with van der Waals surface area (Å²) >= 11 is 0. The third-order valence-corrected chi connectivity index (χ3v) is 3.49. The summed E-state index contributed by atoms with van der Waals surface area (Å²) in [5.41, 5.74) is -0.220. The molecule has 0 spiro atoms. The van der Waals surface area contributed by atoms with Gasteiger partial charge in [0.1, 0.15) is 0 Å². The Morgan fingerprint density at radius 1 is 1.21 bits per heavy atom. The Hall–Kier alpha value is -0.200. The zero-order chi connectivity index (χ0) is 14.1. The highest BCUT2D eigenvalue weighted by Crippen LogP contribution is 2.22. The van der Waals surface area contributed by atoms with Crippen LogP contribution >= 0.6 is 0 Å². The predicted octanol–water partition coefficient (Wildman–Crippen LogP) is 0.474. The van der Waals surface area contributed by atoms with Crippen LogP contribution in [0.3, 0.4) is 0 Å². The van der Waals surface area contributed by atoms with Crippen LogP contribution in [-0.4, -0.2) is 75.3 Å². The molecule has 19 heavy (non-hydrogen) atoms. The van der Waals surface area contributed by atoms with Gasteiger partial charge in [0.25, 0.3) is 0 Å². The first kappa shape index (κ1) is 16.9. The average Bonchev–Trinajstić information content (AvgIpc) is 3.19. The Kier molecular flexibility index (Phi) is 7.87. The molecule has 5 heteroatoms. The normalized spacial score (nSPS) is 18.8. The highest BCUT2D eigenvalue weighted by Gasteiger charge is 2.33. The molecule has 2 N–H and O–H groups in total. The Labute approximate surface area is 117 Å². The molecule has 0 heterocycles. The summed E-state index contributed by atoms with van der Waals surface area (Å²) in [5, 5.41) is 13.2. The zero-order valence-electron chi connectivity index (χ0n) is 12.7. The second-order valence-electron chi connectivity index (χ2n) is 5.75. The number of hydrogen-bond acceptors (Lipinski definition) is 5. The van der Waals surface area contributed by atoms with Crippen molar-refractivity contribution in [1.82, 2.24) is 10.2 Å². The number of methoxy groups -OCH3 is 2. The molecule has 114 valence electrons. The molecule has 0 saturated heterocycles. The van der Waals surface area contributed by atoms with E-state index in [1.54, 1.807) is 14.2 Å². The molecule has 1 saturated carbocycles. The van der Waals surface area contributed by atoms with Crippen LogP contribution in [0, 0.1) is 0 Å². The van der Waals surface area contributed by atoms with Gasteiger partial charge >= 0.3 is 0 Å². The molecule has 1 unspecified atom stereocenters. The second kappa shape index (κ2) is 8.87. The fourth-order valence-corrected chi connectivity index (χ4v) is 2.28. The van der Waals surface area contributed by atoms with Gasteiger partial charge in [-0.1, -0.05) is 0 Å². The molecule has 0 aliphatic heterocycles. The monoisotopic (exact) mass is 274 g/mol. The van der Waals surface area contributed by atoms with Crippen molar-refractivity contribution >= 4 is 0 Å². The van der Waals surface area contributed by atoms with E-state index in [1.807, 2.05) is 0 Å². The van der Waals surface area contributed by atoms with E-state index in [0.717, 1.165) is 39.3 Å². The van der Waals surface area contributed by atoms with Crippen molar-refractivity contribution in [3.63, 3.8) is 0 Å². The molecular formula is C14H30N2O3. The van der Waals surface area contributed by atoms with Crippen LogP contribution in [0.4, 0.5) is 0 Å². The second-order valence-corrected chi connectivity index (χ2v) is 5.75. The van der Waals surface area contributed by atoms with E-state index in [2.05, 4.69) is 17.1 Å². The van der Waals surface area contributed by atoms with E-state index in [1.165, 1.54) is 12.8 Å². The topological polar surface area (TPSA) is 54.0 Å². The summed E-state index contributed by atoms with van der Waals surface area (Å²) in [5.74, 6) is 0. The third-order valence-electron chi connectivity index (χ3n) is 3.49. The molecule has 0 aromatic heterocycles. The molecule has 0 bridgehead atoms. The highest BCUT2D eigenvalue weighted by molar-refractivity contribution is 4.94. The van der Waals surface area contributed by atoms with Gasteiger partial charge in [-0.2, -0.15) is 0 Å². The van der Waals surface area contributed by atoms with Crippen molar-refractivity contribution < 1.29 is 14.6 Å². The minimum atomic E-state index is -0.220. The Morgan fingerprint density at radius 2 is 1.89 bits per heavy atom. The number of ether oxygens (including phenoxy) is 2. The van der Waals surface area contributed by atoms with Crippen molar-refractivity contribution in [2.45, 2.75) is 37.8 Å². The van der Waals surface area contributed by atoms with Crippen molar-refractivity contribution in [2.75, 3.05) is 53.7 Å². The van der Waals surface area contributed by atoms with Gasteiger partial charge in [-0.05, 0) is 26.2 Å². The average molecular weight is 274 g/mol. The molecule has 5 nitrogen and oxygen atoms in total. The molecule has 0 aromatic rings. The minimum Gasteiger partial charge on any atom is -0.394 e. The molecule has 1 aliphatic carbocycles. The van der Waals surface area contributed by atoms with E-state index < -0.39 is 0 Å². The standard InChI is InChI=1S/C14H30N2O3/c1-14(12-17,15-13-5-6-13)11-16(8-10-19-3)7-4-9-18-2/h13,15,17H,4-12H2,1-3H3. The van der Waals surface area contributed by atoms with Crippen LogP contribution in [0.2, 0.25) is 0 Å². The van der Waals surface area contributed by atoms with Crippen LogP contribution < -0.4 is 5.32 Å². The van der Waals surface area contributed by atoms with Gasteiger partial charge in [-0.25, -0.2) is 0 Å². The van der Waals surface area contributed by atoms with Crippen LogP contribution in [0.15, 0.2) is 0 Å². The molecule has 0 aromatic carbocycles. The lowest BCUT2D eigenvalue weighted by molar-refractivity contribution is 0.0865. The third kappa shape index (κ3) is 7.22. The molecule has 0 amide bonds. The van der Waals surface area contributed by atoms with Gasteiger partial charge in [-0.3, -0.25) is 4.90 Å². The van der Waals surface area contributed by atoms with Crippen LogP contribution in [0.25, 0.3) is 0 Å². The molecule has 1 rings (SSSR count). The van der Waals surface area contributed by atoms with E-state index in [4.69, 9.17) is 9.47 Å². The van der Waals surface area contributed by atoms with Crippen molar-refractivity contribution in [2.24, 2.45) is 0 Å². The highest BCUT2D eigenvalue weighted by atomic mass is 16.5. The van der Waals surface area contributed by atoms with E-state index in [-0.39, 0.29) is 12.1 Å². The summed E-state index contributed by atoms with van der Waals surface area (Å²) in [6.07, 6.45) is 3.47. The predicted molar refractivity (Wildman–Crippen MR) is 76.5 cm³/mol. The summed E-state index contributed by atoms with van der Waals surface area (Å²) in [4.78, 5) is 2.34. The maximum absolute atomic E-state index is 9.66. The van der Waals surface area contributed by atoms with Crippen LogP contribution in [0.1, 0.15) is 26.2 Å². The summed E-state index contributed by atoms with van der Waals surface area (Å²) < 4.78 is 10.3. The number of nitrogens with zero attached hydrogens (tertiary/aromatic N) is 1. The van der Waals surface area contributed by atoms with Gasteiger partial charge in [-0.15, -0.1) is 0 Å². The number of aliphatic hydroxyl groups is 1. The lowest BCUT2D eigenvalue weighted by Crippen LogP contribution is -2.55. The summed E-state index contributed by atoms with van der Waals surface area (Å²) in [6, 6.07) is 0.598. The first-order valence-corrected chi connectivity index (χ1v) is 7.22. The van der Waals surface area contributed by atoms with Crippen molar-refractivity contribution in [3.05, 3.63) is 0 Å². The summed E-state index contributed by atoms with van der Waals surface area (Å²) in [6.45, 7) is 6.46. The fraction of sp³-hybridized carbons (Fsp3) is 1.00. The van der Waals surface area contributed by atoms with Crippen molar-refractivity contribution in [1.29, 1.82) is 0 Å². The van der Waals surface area contributed by atoms with Gasteiger partial charge in [0.15, 0.2) is 0 Å². The first-order valence-electron chi connectivity index (χ1n) is 7.22. The quantitative estimate of drug-likeness (QED) is 0.507. The van der Waals surface area contributed by atoms with Crippen molar-refractivity contribution in [3.8, 4) is 0 Å². The zero-order valence-corrected chi connectivity index (χ0v) is 12.7. The van der Waals surface area contributed by atoms with Crippen LogP contribution in [0.5, 0.6) is 0 Å². The van der Waals surface area contributed by atoms with E-state index in [9.17, 15) is 5.11 Å². The lowest BCUT2D eigenvalue weighted by atomic mass is 10.0. The first-order chi connectivity index (χ1) is 9.13. The summed E-state index contributed by atoms with van der Waals surface area (Å²) in [7, 11) is 3.45. The van der Waals surface area contributed by atoms with Gasteiger partial charge in [0.05, 0.1) is 18.8 Å². The van der Waals surface area contributed by atoms with Gasteiger partial charge < -0.3 is 19.9 Å². The SMILES string of the molecule is COCCCN(CCOC)CC(C)(CO)NC1CC1. The maximum Gasteiger partial charge on any atom is 0.0623 e. The van der Waals surface area contributed by atoms with Gasteiger partial charge in [0.2, 0.25) is 0 Å². The van der Waals surface area contributed by atoms with Gasteiger partial charge in [0, 0.05) is 46.5 Å². The number of nitrogens with one attached hydrogen (secondary N) is 1. The molecule has 1 aliphatic rings. The number of rotatable bonds is 12. The van der Waals surface area contributed by atoms with Crippen LogP contribution in [-0.2, 0) is 9.47 Å².